The minimum atomic E-state index is -0.469. The van der Waals surface area contributed by atoms with Crippen molar-refractivity contribution >= 4 is 46.0 Å². The number of benzene rings is 3. The van der Waals surface area contributed by atoms with Crippen LogP contribution in [0.4, 0.5) is 17.1 Å². The highest BCUT2D eigenvalue weighted by atomic mass is 35.5. The number of halogens is 1. The summed E-state index contributed by atoms with van der Waals surface area (Å²) in [7, 11) is 0. The fourth-order valence-corrected chi connectivity index (χ4v) is 3.00. The minimum Gasteiger partial charge on any atom is -0.331 e. The zero-order valence-corrected chi connectivity index (χ0v) is 15.8. The van der Waals surface area contributed by atoms with Crippen LogP contribution in [-0.4, -0.2) is 10.0 Å². The molecule has 7 heteroatoms. The molecule has 0 saturated heterocycles. The van der Waals surface area contributed by atoms with Gasteiger partial charge in [0.15, 0.2) is 5.11 Å². The Balaban J connectivity index is 1.89. The molecule has 0 spiro atoms. The zero-order valence-electron chi connectivity index (χ0n) is 14.2. The van der Waals surface area contributed by atoms with E-state index < -0.39 is 4.92 Å². The van der Waals surface area contributed by atoms with Crippen molar-refractivity contribution in [2.75, 3.05) is 10.2 Å². The number of hydrogen-bond acceptors (Lipinski definition) is 3. The molecule has 0 radical (unpaired) electrons. The van der Waals surface area contributed by atoms with E-state index in [1.807, 2.05) is 65.6 Å². The molecule has 5 nitrogen and oxygen atoms in total. The highest BCUT2D eigenvalue weighted by molar-refractivity contribution is 7.80. The van der Waals surface area contributed by atoms with Crippen molar-refractivity contribution < 1.29 is 4.92 Å². The van der Waals surface area contributed by atoms with Crippen LogP contribution >= 0.6 is 23.8 Å². The van der Waals surface area contributed by atoms with Gasteiger partial charge in [-0.2, -0.15) is 0 Å². The van der Waals surface area contributed by atoms with E-state index in [0.717, 1.165) is 11.3 Å². The van der Waals surface area contributed by atoms with Gasteiger partial charge in [-0.05, 0) is 36.0 Å². The van der Waals surface area contributed by atoms with Crippen LogP contribution < -0.4 is 10.2 Å². The summed E-state index contributed by atoms with van der Waals surface area (Å²) >= 11 is 11.8. The number of non-ortho nitro benzene ring substituents is 1. The maximum atomic E-state index is 11.0. The molecule has 3 aromatic rings. The predicted octanol–water partition coefficient (Wildman–Crippen LogP) is 5.65. The highest BCUT2D eigenvalue weighted by Crippen LogP contribution is 2.28. The number of anilines is 2. The van der Waals surface area contributed by atoms with Gasteiger partial charge in [-0.1, -0.05) is 60.1 Å². The zero-order chi connectivity index (χ0) is 19.2. The number of para-hydroxylation sites is 1. The van der Waals surface area contributed by atoms with Crippen molar-refractivity contribution in [2.24, 2.45) is 0 Å². The SMILES string of the molecule is O=[N+]([O-])c1ccc(Cl)c(NC(=S)N(Cc2ccccc2)c2ccccc2)c1. The third-order valence-corrected chi connectivity index (χ3v) is 4.55. The fourth-order valence-electron chi connectivity index (χ4n) is 2.56. The van der Waals surface area contributed by atoms with E-state index in [4.69, 9.17) is 23.8 Å². The van der Waals surface area contributed by atoms with Crippen LogP contribution in [0.25, 0.3) is 0 Å². The number of nitro benzene ring substituents is 1. The smallest absolute Gasteiger partial charge is 0.271 e. The second kappa shape index (κ2) is 8.62. The molecule has 0 bridgehead atoms. The molecule has 0 aliphatic heterocycles. The van der Waals surface area contributed by atoms with E-state index >= 15 is 0 Å². The molecule has 1 N–H and O–H groups in total. The second-order valence-corrected chi connectivity index (χ2v) is 6.55. The van der Waals surface area contributed by atoms with E-state index in [9.17, 15) is 10.1 Å². The van der Waals surface area contributed by atoms with E-state index in [1.165, 1.54) is 18.2 Å². The van der Waals surface area contributed by atoms with Crippen molar-refractivity contribution in [1.82, 2.24) is 0 Å². The quantitative estimate of drug-likeness (QED) is 0.342. The van der Waals surface area contributed by atoms with Gasteiger partial charge in [0.2, 0.25) is 0 Å². The van der Waals surface area contributed by atoms with Crippen molar-refractivity contribution in [3.05, 3.63) is 99.6 Å². The van der Waals surface area contributed by atoms with Gasteiger partial charge in [0.1, 0.15) is 0 Å². The van der Waals surface area contributed by atoms with Gasteiger partial charge in [0.05, 0.1) is 22.2 Å². The van der Waals surface area contributed by atoms with Crippen LogP contribution in [0.2, 0.25) is 5.02 Å². The molecule has 136 valence electrons. The summed E-state index contributed by atoms with van der Waals surface area (Å²) in [5, 5.41) is 14.8. The lowest BCUT2D eigenvalue weighted by atomic mass is 10.2. The fraction of sp³-hybridized carbons (Fsp3) is 0.0500. The van der Waals surface area contributed by atoms with Gasteiger partial charge in [-0.15, -0.1) is 0 Å². The monoisotopic (exact) mass is 397 g/mol. The first-order chi connectivity index (χ1) is 13.0. The average molecular weight is 398 g/mol. The molecule has 0 fully saturated rings. The number of rotatable bonds is 5. The van der Waals surface area contributed by atoms with E-state index in [2.05, 4.69) is 5.32 Å². The lowest BCUT2D eigenvalue weighted by molar-refractivity contribution is -0.384. The lowest BCUT2D eigenvalue weighted by Crippen LogP contribution is -2.34. The molecule has 3 rings (SSSR count). The maximum absolute atomic E-state index is 11.0. The average Bonchev–Trinajstić information content (AvgIpc) is 2.69. The van der Waals surface area contributed by atoms with Crippen molar-refractivity contribution in [3.63, 3.8) is 0 Å². The van der Waals surface area contributed by atoms with Crippen LogP contribution in [0.15, 0.2) is 78.9 Å². The summed E-state index contributed by atoms with van der Waals surface area (Å²) in [6.07, 6.45) is 0. The van der Waals surface area contributed by atoms with Crippen LogP contribution in [0.5, 0.6) is 0 Å². The normalized spacial score (nSPS) is 10.3. The number of nitro groups is 1. The van der Waals surface area contributed by atoms with Crippen molar-refractivity contribution in [2.45, 2.75) is 6.54 Å². The standard InChI is InChI=1S/C20H16ClN3O2S/c21-18-12-11-17(24(25)26)13-19(18)22-20(27)23(16-9-5-2-6-10-16)14-15-7-3-1-4-8-15/h1-13H,14H2,(H,22,27). The summed E-state index contributed by atoms with van der Waals surface area (Å²) < 4.78 is 0. The van der Waals surface area contributed by atoms with Gasteiger partial charge >= 0.3 is 0 Å². The Kier molecular flexibility index (Phi) is 6.01. The summed E-state index contributed by atoms with van der Waals surface area (Å²) in [4.78, 5) is 12.5. The number of thiocarbonyl (C=S) groups is 1. The summed E-state index contributed by atoms with van der Waals surface area (Å²) in [5.41, 5.74) is 2.32. The van der Waals surface area contributed by atoms with E-state index in [-0.39, 0.29) is 5.69 Å². The third-order valence-electron chi connectivity index (χ3n) is 3.90. The van der Waals surface area contributed by atoms with Gasteiger partial charge in [-0.25, -0.2) is 0 Å². The Morgan fingerprint density at radius 1 is 1.04 bits per heavy atom. The Bertz CT molecular complexity index is 952. The largest absolute Gasteiger partial charge is 0.331 e. The van der Waals surface area contributed by atoms with Crippen LogP contribution in [0.3, 0.4) is 0 Å². The Hall–Kier alpha value is -2.96. The van der Waals surface area contributed by atoms with Gasteiger partial charge in [0.25, 0.3) is 5.69 Å². The first kappa shape index (κ1) is 18.8. The summed E-state index contributed by atoms with van der Waals surface area (Å²) in [6, 6.07) is 23.8. The Morgan fingerprint density at radius 3 is 2.30 bits per heavy atom. The van der Waals surface area contributed by atoms with Crippen molar-refractivity contribution in [3.8, 4) is 0 Å². The van der Waals surface area contributed by atoms with Crippen LogP contribution in [0.1, 0.15) is 5.56 Å². The van der Waals surface area contributed by atoms with Crippen LogP contribution in [0, 0.1) is 10.1 Å². The molecule has 0 aromatic heterocycles. The Labute approximate surface area is 167 Å². The number of nitrogens with one attached hydrogen (secondary N) is 1. The molecule has 0 amide bonds. The molecule has 0 saturated carbocycles. The van der Waals surface area contributed by atoms with Gasteiger partial charge < -0.3 is 10.2 Å². The summed E-state index contributed by atoms with van der Waals surface area (Å²) in [6.45, 7) is 0.545. The maximum Gasteiger partial charge on any atom is 0.271 e. The van der Waals surface area contributed by atoms with Crippen molar-refractivity contribution in [1.29, 1.82) is 0 Å². The molecular formula is C20H16ClN3O2S. The molecular weight excluding hydrogens is 382 g/mol. The first-order valence-electron chi connectivity index (χ1n) is 8.16. The molecule has 3 aromatic carbocycles. The summed E-state index contributed by atoms with van der Waals surface area (Å²) in [5.74, 6) is 0. The number of hydrogen-bond donors (Lipinski definition) is 1. The first-order valence-corrected chi connectivity index (χ1v) is 8.94. The molecule has 0 aliphatic carbocycles. The van der Waals surface area contributed by atoms with Crippen LogP contribution in [-0.2, 0) is 6.54 Å². The Morgan fingerprint density at radius 2 is 1.67 bits per heavy atom. The molecule has 27 heavy (non-hydrogen) atoms. The molecule has 0 atom stereocenters. The molecule has 0 aliphatic rings. The third kappa shape index (κ3) is 4.81. The highest BCUT2D eigenvalue weighted by Gasteiger charge is 2.16. The topological polar surface area (TPSA) is 58.4 Å². The molecule has 0 heterocycles. The van der Waals surface area contributed by atoms with E-state index in [0.29, 0.717) is 22.4 Å². The van der Waals surface area contributed by atoms with E-state index in [1.54, 1.807) is 0 Å². The predicted molar refractivity (Wildman–Crippen MR) is 113 cm³/mol. The lowest BCUT2D eigenvalue weighted by Gasteiger charge is -2.26. The number of nitrogens with zero attached hydrogens (tertiary/aromatic N) is 2. The minimum absolute atomic E-state index is 0.0565. The second-order valence-electron chi connectivity index (χ2n) is 5.76. The molecule has 0 unspecified atom stereocenters. The van der Waals surface area contributed by atoms with Gasteiger partial charge in [-0.3, -0.25) is 10.1 Å². The van der Waals surface area contributed by atoms with Gasteiger partial charge in [0, 0.05) is 17.8 Å².